The quantitative estimate of drug-likeness (QED) is 0.410. The molecular formula is C27H28ClF2N5O5S. The number of alkyl carbamates (subject to hydrolysis) is 1. The molecule has 2 aromatic carbocycles. The zero-order valence-electron chi connectivity index (χ0n) is 22.5. The number of aromatic nitrogens is 2. The highest BCUT2D eigenvalue weighted by Gasteiger charge is 2.39. The predicted octanol–water partition coefficient (Wildman–Crippen LogP) is 5.35. The summed E-state index contributed by atoms with van der Waals surface area (Å²) in [6.07, 6.45) is -4.01. The van der Waals surface area contributed by atoms with E-state index in [1.54, 1.807) is 49.9 Å². The molecule has 14 heteroatoms. The van der Waals surface area contributed by atoms with E-state index in [-0.39, 0.29) is 43.3 Å². The van der Waals surface area contributed by atoms with Crippen LogP contribution >= 0.6 is 23.4 Å². The molecular weight excluding hydrogens is 580 g/mol. The van der Waals surface area contributed by atoms with E-state index >= 15 is 0 Å². The minimum Gasteiger partial charge on any atom is -0.444 e. The van der Waals surface area contributed by atoms with Crippen molar-refractivity contribution < 1.29 is 32.3 Å². The standard InChI is InChI=1S/C27H28ClF2N5O5S/c1-26(2,3)40-25(37)31-19-14-41-21-9-6-17(22-32-33-24(39-22)34-10-11-38-27(29,30)15-34)12-20(21)35(23(19)36)13-16-4-7-18(28)8-5-16/h4-9,12,19H,10-11,13-15H2,1-3H3,(H,31,37)/t19-/m0/s1. The molecule has 0 unspecified atom stereocenters. The predicted molar refractivity (Wildman–Crippen MR) is 149 cm³/mol. The minimum atomic E-state index is -3.32. The van der Waals surface area contributed by atoms with Gasteiger partial charge in [-0.1, -0.05) is 28.8 Å². The number of alkyl halides is 2. The van der Waals surface area contributed by atoms with Crippen LogP contribution in [0.4, 0.5) is 25.3 Å². The van der Waals surface area contributed by atoms with Gasteiger partial charge in [0, 0.05) is 27.8 Å². The third-order valence-corrected chi connectivity index (χ3v) is 7.55. The summed E-state index contributed by atoms with van der Waals surface area (Å²) >= 11 is 7.47. The number of amides is 2. The Balaban J connectivity index is 1.45. The third-order valence-electron chi connectivity index (χ3n) is 6.15. The van der Waals surface area contributed by atoms with Gasteiger partial charge in [-0.15, -0.1) is 16.9 Å². The second-order valence-corrected chi connectivity index (χ2v) is 12.0. The zero-order valence-corrected chi connectivity index (χ0v) is 24.1. The van der Waals surface area contributed by atoms with Gasteiger partial charge in [-0.2, -0.15) is 8.78 Å². The summed E-state index contributed by atoms with van der Waals surface area (Å²) < 4.78 is 43.1. The Morgan fingerprint density at radius 1 is 1.22 bits per heavy atom. The SMILES string of the molecule is CC(C)(C)OC(=O)N[C@H]1CSc2ccc(-c3nnc(N4CCOC(F)(F)C4)o3)cc2N(Cc2ccc(Cl)cc2)C1=O. The summed E-state index contributed by atoms with van der Waals surface area (Å²) in [5.74, 6) is 0.0439. The summed E-state index contributed by atoms with van der Waals surface area (Å²) in [7, 11) is 0. The number of carbonyl (C=O) groups excluding carboxylic acids is 2. The Kier molecular flexibility index (Phi) is 8.13. The molecule has 1 fully saturated rings. The maximum absolute atomic E-state index is 13.9. The number of morpholine rings is 1. The second kappa shape index (κ2) is 11.5. The molecule has 0 radical (unpaired) electrons. The van der Waals surface area contributed by atoms with Crippen LogP contribution < -0.4 is 15.1 Å². The first-order valence-electron chi connectivity index (χ1n) is 12.8. The first-order chi connectivity index (χ1) is 19.4. The lowest BCUT2D eigenvalue weighted by molar-refractivity contribution is -0.240. The van der Waals surface area contributed by atoms with E-state index in [1.807, 2.05) is 18.2 Å². The van der Waals surface area contributed by atoms with Gasteiger partial charge in [0.2, 0.25) is 5.89 Å². The Morgan fingerprint density at radius 2 is 1.98 bits per heavy atom. The van der Waals surface area contributed by atoms with E-state index in [0.29, 0.717) is 16.3 Å². The van der Waals surface area contributed by atoms with Crippen LogP contribution in [0.25, 0.3) is 11.5 Å². The van der Waals surface area contributed by atoms with Crippen LogP contribution in [0.1, 0.15) is 26.3 Å². The lowest BCUT2D eigenvalue weighted by atomic mass is 10.1. The van der Waals surface area contributed by atoms with Gasteiger partial charge in [0.05, 0.1) is 18.8 Å². The monoisotopic (exact) mass is 607 g/mol. The van der Waals surface area contributed by atoms with Crippen molar-refractivity contribution in [3.05, 3.63) is 53.1 Å². The van der Waals surface area contributed by atoms with Crippen LogP contribution in [0.15, 0.2) is 51.8 Å². The van der Waals surface area contributed by atoms with Crippen LogP contribution in [-0.4, -0.2) is 65.4 Å². The van der Waals surface area contributed by atoms with Crippen molar-refractivity contribution in [3.63, 3.8) is 0 Å². The molecule has 1 atom stereocenters. The summed E-state index contributed by atoms with van der Waals surface area (Å²) in [6.45, 7) is 4.72. The Bertz CT molecular complexity index is 1430. The number of nitrogens with one attached hydrogen (secondary N) is 1. The maximum Gasteiger partial charge on any atom is 0.408 e. The molecule has 2 aliphatic heterocycles. The Labute approximate surface area is 244 Å². The van der Waals surface area contributed by atoms with Crippen molar-refractivity contribution >= 4 is 47.1 Å². The Hall–Kier alpha value is -3.42. The molecule has 41 heavy (non-hydrogen) atoms. The number of halogens is 3. The molecule has 1 N–H and O–H groups in total. The molecule has 3 heterocycles. The molecule has 5 rings (SSSR count). The van der Waals surface area contributed by atoms with E-state index in [4.69, 9.17) is 20.8 Å². The highest BCUT2D eigenvalue weighted by atomic mass is 35.5. The number of rotatable bonds is 5. The van der Waals surface area contributed by atoms with Crippen molar-refractivity contribution in [3.8, 4) is 11.5 Å². The average Bonchev–Trinajstić information content (AvgIpc) is 3.35. The lowest BCUT2D eigenvalue weighted by Crippen LogP contribution is -2.50. The van der Waals surface area contributed by atoms with Crippen LogP contribution in [-0.2, 0) is 20.8 Å². The molecule has 0 aliphatic carbocycles. The fourth-order valence-corrected chi connectivity index (χ4v) is 5.48. The molecule has 2 amide bonds. The maximum atomic E-state index is 13.9. The van der Waals surface area contributed by atoms with Crippen molar-refractivity contribution in [2.45, 2.75) is 50.0 Å². The summed E-state index contributed by atoms with van der Waals surface area (Å²) in [4.78, 5) is 30.1. The molecule has 0 bridgehead atoms. The summed E-state index contributed by atoms with van der Waals surface area (Å²) in [5.41, 5.74) is 1.15. The number of fused-ring (bicyclic) bond motifs is 1. The second-order valence-electron chi connectivity index (χ2n) is 10.5. The van der Waals surface area contributed by atoms with Crippen LogP contribution in [0.2, 0.25) is 5.02 Å². The molecule has 2 aliphatic rings. The average molecular weight is 608 g/mol. The van der Waals surface area contributed by atoms with E-state index in [9.17, 15) is 18.4 Å². The molecule has 1 saturated heterocycles. The summed E-state index contributed by atoms with van der Waals surface area (Å²) in [6, 6.07) is 11.5. The van der Waals surface area contributed by atoms with Gasteiger partial charge >= 0.3 is 18.2 Å². The summed E-state index contributed by atoms with van der Waals surface area (Å²) in [5, 5.41) is 11.3. The van der Waals surface area contributed by atoms with Crippen LogP contribution in [0.3, 0.4) is 0 Å². The van der Waals surface area contributed by atoms with Crippen LogP contribution in [0, 0.1) is 0 Å². The molecule has 1 aromatic heterocycles. The highest BCUT2D eigenvalue weighted by molar-refractivity contribution is 7.99. The Morgan fingerprint density at radius 3 is 2.68 bits per heavy atom. The number of hydrogen-bond donors (Lipinski definition) is 1. The van der Waals surface area contributed by atoms with Crippen molar-refractivity contribution in [2.75, 3.05) is 35.2 Å². The van der Waals surface area contributed by atoms with E-state index in [1.165, 1.54) is 16.7 Å². The number of benzene rings is 2. The number of hydrogen-bond acceptors (Lipinski definition) is 9. The van der Waals surface area contributed by atoms with Crippen molar-refractivity contribution in [1.82, 2.24) is 15.5 Å². The number of ether oxygens (including phenoxy) is 2. The number of carbonyl (C=O) groups is 2. The minimum absolute atomic E-state index is 0.0528. The molecule has 0 spiro atoms. The first-order valence-corrected chi connectivity index (χ1v) is 14.2. The lowest BCUT2D eigenvalue weighted by Gasteiger charge is -2.30. The normalized spacial score (nSPS) is 19.0. The van der Waals surface area contributed by atoms with Gasteiger partial charge in [0.25, 0.3) is 5.91 Å². The van der Waals surface area contributed by atoms with Gasteiger partial charge in [-0.3, -0.25) is 4.79 Å². The van der Waals surface area contributed by atoms with Gasteiger partial charge in [0.1, 0.15) is 18.2 Å². The van der Waals surface area contributed by atoms with Crippen molar-refractivity contribution in [1.29, 1.82) is 0 Å². The van der Waals surface area contributed by atoms with E-state index in [2.05, 4.69) is 20.3 Å². The number of nitrogens with zero attached hydrogens (tertiary/aromatic N) is 4. The van der Waals surface area contributed by atoms with E-state index in [0.717, 1.165) is 10.5 Å². The van der Waals surface area contributed by atoms with Gasteiger partial charge in [-0.25, -0.2) is 4.79 Å². The third kappa shape index (κ3) is 7.08. The molecule has 218 valence electrons. The number of thioether (sulfide) groups is 1. The van der Waals surface area contributed by atoms with Crippen LogP contribution in [0.5, 0.6) is 0 Å². The van der Waals surface area contributed by atoms with Gasteiger partial charge in [-0.05, 0) is 56.7 Å². The molecule has 3 aromatic rings. The molecule has 0 saturated carbocycles. The fourth-order valence-electron chi connectivity index (χ4n) is 4.30. The van der Waals surface area contributed by atoms with Gasteiger partial charge < -0.3 is 29.0 Å². The smallest absolute Gasteiger partial charge is 0.408 e. The fraction of sp³-hybridized carbons (Fsp3) is 0.407. The first kappa shape index (κ1) is 29.1. The van der Waals surface area contributed by atoms with Gasteiger partial charge in [0.15, 0.2) is 0 Å². The topological polar surface area (TPSA) is 110 Å². The largest absolute Gasteiger partial charge is 0.444 e. The van der Waals surface area contributed by atoms with E-state index < -0.39 is 30.4 Å². The zero-order chi connectivity index (χ0) is 29.4. The van der Waals surface area contributed by atoms with Crippen molar-refractivity contribution in [2.24, 2.45) is 0 Å². The molecule has 10 nitrogen and oxygen atoms in total. The highest BCUT2D eigenvalue weighted by Crippen LogP contribution is 2.39. The number of anilines is 2.